The van der Waals surface area contributed by atoms with E-state index in [9.17, 15) is 32.1 Å². The van der Waals surface area contributed by atoms with Crippen molar-refractivity contribution in [3.63, 3.8) is 0 Å². The van der Waals surface area contributed by atoms with Crippen LogP contribution in [0.4, 0.5) is 39.0 Å². The highest BCUT2D eigenvalue weighted by Gasteiger charge is 2.24. The van der Waals surface area contributed by atoms with Crippen molar-refractivity contribution in [1.82, 2.24) is 0 Å². The maximum Gasteiger partial charge on any atom is 0.293 e. The minimum absolute atomic E-state index is 0.0185. The molecule has 0 aliphatic heterocycles. The number of anilines is 2. The van der Waals surface area contributed by atoms with E-state index in [1.165, 1.54) is 17.6 Å². The van der Waals surface area contributed by atoms with Crippen LogP contribution in [0.2, 0.25) is 0 Å². The Balaban J connectivity index is 0.000000243. The molecule has 0 fully saturated rings. The lowest BCUT2D eigenvalue weighted by molar-refractivity contribution is -0.384. The van der Waals surface area contributed by atoms with Crippen LogP contribution in [0.3, 0.4) is 0 Å². The number of nitrogen functional groups attached to an aromatic ring is 2. The van der Waals surface area contributed by atoms with Gasteiger partial charge in [-0.2, -0.15) is 0 Å². The van der Waals surface area contributed by atoms with Crippen molar-refractivity contribution >= 4 is 17.1 Å². The summed E-state index contributed by atoms with van der Waals surface area (Å²) in [5.74, 6) is -0.671. The smallest absolute Gasteiger partial charge is 0.293 e. The molecule has 12 heteroatoms. The van der Waals surface area contributed by atoms with E-state index in [0.717, 1.165) is 0 Å². The Bertz CT molecular complexity index is 730. The zero-order valence-corrected chi connectivity index (χ0v) is 11.6. The fourth-order valence-corrected chi connectivity index (χ4v) is 1.49. The maximum atomic E-state index is 12.5. The quantitative estimate of drug-likeness (QED) is 0.168. The molecule has 0 heterocycles. The summed E-state index contributed by atoms with van der Waals surface area (Å²) < 4.78 is 62.1. The summed E-state index contributed by atoms with van der Waals surface area (Å²) in [6, 6.07) is 6.18. The Morgan fingerprint density at radius 2 is 1.29 bits per heavy atom. The Hall–Kier alpha value is -2.99. The van der Waals surface area contributed by atoms with Gasteiger partial charge in [-0.1, -0.05) is 12.1 Å². The number of hydrogen-bond donors (Lipinski definition) is 4. The van der Waals surface area contributed by atoms with Gasteiger partial charge in [-0.15, -0.1) is 0 Å². The number of nitro benzene ring substituents is 1. The highest BCUT2D eigenvalue weighted by Crippen LogP contribution is 2.26. The van der Waals surface area contributed by atoms with Crippen molar-refractivity contribution in [3.05, 3.63) is 63.5 Å². The summed E-state index contributed by atoms with van der Waals surface area (Å²) in [6.45, 7) is 0. The molecular formula is C12H10F5N5O2. The first-order valence-corrected chi connectivity index (χ1v) is 5.94. The summed E-state index contributed by atoms with van der Waals surface area (Å²) in [7, 11) is 0. The lowest BCUT2D eigenvalue weighted by atomic mass is 10.2. The molecule has 0 unspecified atom stereocenters. The molecule has 0 atom stereocenters. The van der Waals surface area contributed by atoms with Crippen LogP contribution in [0.1, 0.15) is 0 Å². The van der Waals surface area contributed by atoms with Crippen molar-refractivity contribution in [2.24, 2.45) is 11.7 Å². The van der Waals surface area contributed by atoms with Crippen LogP contribution < -0.4 is 22.5 Å². The SMILES string of the molecule is NNc1c(F)c(F)c(F)c(F)c1F.NNc1ccccc1[N+](=O)[O-]. The highest BCUT2D eigenvalue weighted by molar-refractivity contribution is 5.60. The molecule has 0 saturated carbocycles. The van der Waals surface area contributed by atoms with Gasteiger partial charge in [0, 0.05) is 6.07 Å². The van der Waals surface area contributed by atoms with E-state index in [1.807, 2.05) is 0 Å². The Labute approximate surface area is 131 Å². The third-order valence-electron chi connectivity index (χ3n) is 2.61. The molecule has 0 radical (unpaired) electrons. The number of nitrogens with zero attached hydrogens (tertiary/aromatic N) is 1. The van der Waals surface area contributed by atoms with Gasteiger partial charge in [-0.3, -0.25) is 21.8 Å². The number of nitrogens with one attached hydrogen (secondary N) is 2. The number of para-hydroxylation sites is 2. The van der Waals surface area contributed by atoms with Crippen LogP contribution in [0.15, 0.2) is 24.3 Å². The molecule has 6 N–H and O–H groups in total. The van der Waals surface area contributed by atoms with Gasteiger partial charge < -0.3 is 10.9 Å². The second-order valence-corrected chi connectivity index (χ2v) is 4.01. The predicted octanol–water partition coefficient (Wildman–Crippen LogP) is 2.55. The van der Waals surface area contributed by atoms with Gasteiger partial charge in [-0.25, -0.2) is 22.0 Å². The maximum absolute atomic E-state index is 12.5. The van der Waals surface area contributed by atoms with Crippen LogP contribution in [-0.2, 0) is 0 Å². The third-order valence-corrected chi connectivity index (χ3v) is 2.61. The number of halogens is 5. The van der Waals surface area contributed by atoms with Gasteiger partial charge >= 0.3 is 0 Å². The molecule has 7 nitrogen and oxygen atoms in total. The van der Waals surface area contributed by atoms with Gasteiger partial charge in [0.25, 0.3) is 5.69 Å². The van der Waals surface area contributed by atoms with Crippen LogP contribution in [0.25, 0.3) is 0 Å². The molecule has 0 amide bonds. The van der Waals surface area contributed by atoms with Gasteiger partial charge in [-0.05, 0) is 6.07 Å². The summed E-state index contributed by atoms with van der Waals surface area (Å²) in [4.78, 5) is 9.80. The monoisotopic (exact) mass is 351 g/mol. The largest absolute Gasteiger partial charge is 0.319 e. The van der Waals surface area contributed by atoms with Crippen molar-refractivity contribution in [1.29, 1.82) is 0 Å². The topological polar surface area (TPSA) is 119 Å². The Morgan fingerprint density at radius 1 is 0.833 bits per heavy atom. The minimum atomic E-state index is -2.21. The first-order valence-electron chi connectivity index (χ1n) is 5.94. The van der Waals surface area contributed by atoms with E-state index in [1.54, 1.807) is 12.1 Å². The fraction of sp³-hybridized carbons (Fsp3) is 0. The molecule has 0 bridgehead atoms. The summed E-state index contributed by atoms with van der Waals surface area (Å²) in [5, 5.41) is 10.3. The van der Waals surface area contributed by atoms with E-state index in [4.69, 9.17) is 5.84 Å². The van der Waals surface area contributed by atoms with E-state index >= 15 is 0 Å². The standard InChI is InChI=1S/C6H3F5N2.C6H7N3O2/c7-1-2(8)4(10)6(13-12)5(11)3(1)9;7-8-5-3-1-2-4-6(5)9(10)11/h13H,12H2;1-4,8H,7H2. The summed E-state index contributed by atoms with van der Waals surface area (Å²) in [6.07, 6.45) is 0. The summed E-state index contributed by atoms with van der Waals surface area (Å²) in [5.41, 5.74) is 2.66. The summed E-state index contributed by atoms with van der Waals surface area (Å²) >= 11 is 0. The Kier molecular flexibility index (Phi) is 6.38. The van der Waals surface area contributed by atoms with Crippen LogP contribution >= 0.6 is 0 Å². The van der Waals surface area contributed by atoms with Crippen molar-refractivity contribution in [2.75, 3.05) is 10.9 Å². The molecule has 0 saturated heterocycles. The lowest BCUT2D eigenvalue weighted by Crippen LogP contribution is -2.14. The number of hydrogen-bond acceptors (Lipinski definition) is 6. The number of nitro groups is 1. The highest BCUT2D eigenvalue weighted by atomic mass is 19.2. The molecular weight excluding hydrogens is 341 g/mol. The molecule has 0 aromatic heterocycles. The average molecular weight is 351 g/mol. The minimum Gasteiger partial charge on any atom is -0.319 e. The van der Waals surface area contributed by atoms with Crippen molar-refractivity contribution in [2.45, 2.75) is 0 Å². The van der Waals surface area contributed by atoms with Gasteiger partial charge in [0.15, 0.2) is 23.3 Å². The van der Waals surface area contributed by atoms with Gasteiger partial charge in [0.1, 0.15) is 11.4 Å². The van der Waals surface area contributed by atoms with E-state index in [2.05, 4.69) is 11.3 Å². The number of benzene rings is 2. The predicted molar refractivity (Wildman–Crippen MR) is 74.9 cm³/mol. The van der Waals surface area contributed by atoms with E-state index in [0.29, 0.717) is 5.69 Å². The molecule has 2 aromatic rings. The second kappa shape index (κ2) is 8.03. The van der Waals surface area contributed by atoms with E-state index < -0.39 is 39.7 Å². The van der Waals surface area contributed by atoms with Crippen LogP contribution in [0.5, 0.6) is 0 Å². The molecule has 2 rings (SSSR count). The number of rotatable bonds is 3. The lowest BCUT2D eigenvalue weighted by Gasteiger charge is -2.05. The zero-order valence-electron chi connectivity index (χ0n) is 11.6. The first-order chi connectivity index (χ1) is 11.3. The fourth-order valence-electron chi connectivity index (χ4n) is 1.49. The molecule has 2 aromatic carbocycles. The van der Waals surface area contributed by atoms with E-state index in [-0.39, 0.29) is 5.69 Å². The molecule has 0 aliphatic rings. The second-order valence-electron chi connectivity index (χ2n) is 4.01. The van der Waals surface area contributed by atoms with Crippen LogP contribution in [0, 0.1) is 39.2 Å². The van der Waals surface area contributed by atoms with Gasteiger partial charge in [0.05, 0.1) is 4.92 Å². The van der Waals surface area contributed by atoms with Crippen molar-refractivity contribution < 1.29 is 26.9 Å². The number of nitrogens with two attached hydrogens (primary N) is 2. The Morgan fingerprint density at radius 3 is 1.67 bits per heavy atom. The third kappa shape index (κ3) is 3.85. The zero-order chi connectivity index (χ0) is 18.4. The first kappa shape index (κ1) is 19.1. The van der Waals surface area contributed by atoms with Crippen molar-refractivity contribution in [3.8, 4) is 0 Å². The van der Waals surface area contributed by atoms with Crippen LogP contribution in [-0.4, -0.2) is 4.92 Å². The molecule has 0 aliphatic carbocycles. The number of hydrazine groups is 2. The molecule has 0 spiro atoms. The molecule has 130 valence electrons. The van der Waals surface area contributed by atoms with Gasteiger partial charge in [0.2, 0.25) is 5.82 Å². The average Bonchev–Trinajstić information content (AvgIpc) is 2.59. The molecule has 24 heavy (non-hydrogen) atoms. The normalized spacial score (nSPS) is 9.79.